The molecule has 1 rings (SSSR count). The topological polar surface area (TPSA) is 70.6 Å². The molecule has 22 heavy (non-hydrogen) atoms. The molecular formula is C16H22ClN3O2. The Bertz CT molecular complexity index is 527. The zero-order chi connectivity index (χ0) is 16.4. The molecule has 1 aromatic carbocycles. The molecule has 2 N–H and O–H groups in total. The lowest BCUT2D eigenvalue weighted by molar-refractivity contribution is -0.121. The summed E-state index contributed by atoms with van der Waals surface area (Å²) >= 11 is 5.80. The van der Waals surface area contributed by atoms with Crippen LogP contribution < -0.4 is 10.7 Å². The van der Waals surface area contributed by atoms with Gasteiger partial charge in [0, 0.05) is 23.7 Å². The molecule has 120 valence electrons. The summed E-state index contributed by atoms with van der Waals surface area (Å²) in [6.07, 6.45) is 2.41. The quantitative estimate of drug-likeness (QED) is 0.570. The number of hydrogen-bond acceptors (Lipinski definition) is 3. The Hall–Kier alpha value is -1.88. The van der Waals surface area contributed by atoms with Crippen LogP contribution in [-0.4, -0.2) is 17.5 Å². The third kappa shape index (κ3) is 7.78. The molecule has 0 spiro atoms. The lowest BCUT2D eigenvalue weighted by atomic mass is 10.2. The van der Waals surface area contributed by atoms with Gasteiger partial charge >= 0.3 is 0 Å². The summed E-state index contributed by atoms with van der Waals surface area (Å²) in [6.45, 7) is 4.17. The first-order chi connectivity index (χ1) is 10.5. The van der Waals surface area contributed by atoms with Crippen LogP contribution in [0.3, 0.4) is 0 Å². The molecule has 0 aliphatic heterocycles. The number of benzene rings is 1. The maximum Gasteiger partial charge on any atom is 0.240 e. The smallest absolute Gasteiger partial charge is 0.240 e. The fraction of sp³-hybridized carbons (Fsp3) is 0.438. The van der Waals surface area contributed by atoms with Crippen LogP contribution in [0, 0.1) is 0 Å². The minimum atomic E-state index is -0.140. The van der Waals surface area contributed by atoms with E-state index in [1.54, 1.807) is 19.1 Å². The van der Waals surface area contributed by atoms with Crippen LogP contribution in [-0.2, 0) is 16.1 Å². The minimum absolute atomic E-state index is 0.122. The predicted octanol–water partition coefficient (Wildman–Crippen LogP) is 3.03. The van der Waals surface area contributed by atoms with Crippen molar-refractivity contribution in [2.45, 2.75) is 46.1 Å². The van der Waals surface area contributed by atoms with Crippen LogP contribution in [0.2, 0.25) is 5.02 Å². The molecule has 0 aliphatic rings. The summed E-state index contributed by atoms with van der Waals surface area (Å²) in [7, 11) is 0. The first kappa shape index (κ1) is 18.2. The monoisotopic (exact) mass is 323 g/mol. The summed E-state index contributed by atoms with van der Waals surface area (Å²) in [5.41, 5.74) is 4.00. The lowest BCUT2D eigenvalue weighted by Gasteiger charge is -2.06. The van der Waals surface area contributed by atoms with E-state index >= 15 is 0 Å². The molecule has 0 atom stereocenters. The first-order valence-corrected chi connectivity index (χ1v) is 7.72. The van der Waals surface area contributed by atoms with E-state index in [2.05, 4.69) is 15.8 Å². The van der Waals surface area contributed by atoms with Crippen molar-refractivity contribution >= 4 is 29.1 Å². The number of carbonyl (C=O) groups excluding carboxylic acids is 2. The van der Waals surface area contributed by atoms with Gasteiger partial charge < -0.3 is 5.32 Å². The van der Waals surface area contributed by atoms with Crippen LogP contribution in [0.4, 0.5) is 0 Å². The van der Waals surface area contributed by atoms with Gasteiger partial charge in [-0.3, -0.25) is 9.59 Å². The zero-order valence-corrected chi connectivity index (χ0v) is 13.7. The molecule has 0 saturated heterocycles. The summed E-state index contributed by atoms with van der Waals surface area (Å²) in [5, 5.41) is 7.38. The van der Waals surface area contributed by atoms with Crippen molar-refractivity contribution in [2.24, 2.45) is 5.10 Å². The summed E-state index contributed by atoms with van der Waals surface area (Å²) in [6, 6.07) is 7.28. The highest BCUT2D eigenvalue weighted by molar-refractivity contribution is 6.30. The van der Waals surface area contributed by atoms with Crippen molar-refractivity contribution < 1.29 is 9.59 Å². The number of amides is 2. The summed E-state index contributed by atoms with van der Waals surface area (Å²) in [4.78, 5) is 23.2. The predicted molar refractivity (Wildman–Crippen MR) is 88.7 cm³/mol. The van der Waals surface area contributed by atoms with Crippen LogP contribution in [0.5, 0.6) is 0 Å². The number of hydrogen-bond donors (Lipinski definition) is 2. The van der Waals surface area contributed by atoms with E-state index in [0.717, 1.165) is 18.4 Å². The second-order valence-electron chi connectivity index (χ2n) is 5.07. The third-order valence-electron chi connectivity index (χ3n) is 2.95. The fourth-order valence-corrected chi connectivity index (χ4v) is 1.81. The molecule has 0 heterocycles. The lowest BCUT2D eigenvalue weighted by Crippen LogP contribution is -2.26. The highest BCUT2D eigenvalue weighted by atomic mass is 35.5. The van der Waals surface area contributed by atoms with Crippen molar-refractivity contribution in [2.75, 3.05) is 0 Å². The molecule has 0 aromatic heterocycles. The van der Waals surface area contributed by atoms with Gasteiger partial charge in [-0.05, 0) is 31.0 Å². The highest BCUT2D eigenvalue weighted by Gasteiger charge is 2.05. The van der Waals surface area contributed by atoms with Crippen molar-refractivity contribution in [3.8, 4) is 0 Å². The number of unbranched alkanes of at least 4 members (excludes halogenated alkanes) is 1. The van der Waals surface area contributed by atoms with Crippen LogP contribution in [0.1, 0.15) is 45.1 Å². The highest BCUT2D eigenvalue weighted by Crippen LogP contribution is 2.09. The normalized spacial score (nSPS) is 11.1. The van der Waals surface area contributed by atoms with E-state index in [1.807, 2.05) is 19.1 Å². The molecule has 1 aromatic rings. The largest absolute Gasteiger partial charge is 0.352 e. The van der Waals surface area contributed by atoms with Gasteiger partial charge in [0.2, 0.25) is 11.8 Å². The maximum atomic E-state index is 11.8. The van der Waals surface area contributed by atoms with Crippen molar-refractivity contribution in [1.29, 1.82) is 0 Å². The molecule has 0 aliphatic carbocycles. The molecule has 0 saturated carbocycles. The summed E-state index contributed by atoms with van der Waals surface area (Å²) < 4.78 is 0. The van der Waals surface area contributed by atoms with Crippen molar-refractivity contribution in [1.82, 2.24) is 10.7 Å². The van der Waals surface area contributed by atoms with Crippen LogP contribution in [0.15, 0.2) is 29.4 Å². The van der Waals surface area contributed by atoms with Gasteiger partial charge in [-0.25, -0.2) is 5.43 Å². The van der Waals surface area contributed by atoms with Crippen LogP contribution >= 0.6 is 11.6 Å². The van der Waals surface area contributed by atoms with Crippen LogP contribution in [0.25, 0.3) is 0 Å². The van der Waals surface area contributed by atoms with E-state index in [1.165, 1.54) is 0 Å². The van der Waals surface area contributed by atoms with Gasteiger partial charge in [-0.2, -0.15) is 5.10 Å². The van der Waals surface area contributed by atoms with E-state index < -0.39 is 0 Å². The molecule has 5 nitrogen and oxygen atoms in total. The number of nitrogens with one attached hydrogen (secondary N) is 2. The minimum Gasteiger partial charge on any atom is -0.352 e. The second kappa shape index (κ2) is 9.95. The molecule has 0 radical (unpaired) electrons. The fourth-order valence-electron chi connectivity index (χ4n) is 1.69. The van der Waals surface area contributed by atoms with E-state index in [-0.39, 0.29) is 18.2 Å². The van der Waals surface area contributed by atoms with Gasteiger partial charge in [0.1, 0.15) is 0 Å². The van der Waals surface area contributed by atoms with E-state index in [0.29, 0.717) is 23.7 Å². The van der Waals surface area contributed by atoms with E-state index in [4.69, 9.17) is 11.6 Å². The SMILES string of the molecule is CCCCC(=O)N/N=C(\C)CC(=O)NCc1ccc(Cl)cc1. The Morgan fingerprint density at radius 2 is 1.86 bits per heavy atom. The van der Waals surface area contributed by atoms with Crippen molar-refractivity contribution in [3.63, 3.8) is 0 Å². The Morgan fingerprint density at radius 3 is 2.50 bits per heavy atom. The number of rotatable bonds is 8. The Labute approximate surface area is 136 Å². The molecule has 0 unspecified atom stereocenters. The summed E-state index contributed by atoms with van der Waals surface area (Å²) in [5.74, 6) is -0.262. The second-order valence-corrected chi connectivity index (χ2v) is 5.50. The van der Waals surface area contributed by atoms with Crippen molar-refractivity contribution in [3.05, 3.63) is 34.9 Å². The average Bonchev–Trinajstić information content (AvgIpc) is 2.50. The molecule has 0 bridgehead atoms. The van der Waals surface area contributed by atoms with Gasteiger partial charge in [0.15, 0.2) is 0 Å². The molecular weight excluding hydrogens is 302 g/mol. The Morgan fingerprint density at radius 1 is 1.18 bits per heavy atom. The maximum absolute atomic E-state index is 11.8. The first-order valence-electron chi connectivity index (χ1n) is 7.34. The molecule has 2 amide bonds. The third-order valence-corrected chi connectivity index (χ3v) is 3.20. The van der Waals surface area contributed by atoms with Gasteiger partial charge in [0.25, 0.3) is 0 Å². The van der Waals surface area contributed by atoms with E-state index in [9.17, 15) is 9.59 Å². The number of halogens is 1. The van der Waals surface area contributed by atoms with Gasteiger partial charge in [-0.15, -0.1) is 0 Å². The Kier molecular flexibility index (Phi) is 8.22. The zero-order valence-electron chi connectivity index (χ0n) is 13.0. The number of carbonyl (C=O) groups is 2. The Balaban J connectivity index is 2.31. The number of hydrazone groups is 1. The van der Waals surface area contributed by atoms with Gasteiger partial charge in [0.05, 0.1) is 6.42 Å². The van der Waals surface area contributed by atoms with Gasteiger partial charge in [-0.1, -0.05) is 37.1 Å². The molecule has 6 heteroatoms. The molecule has 0 fully saturated rings. The standard InChI is InChI=1S/C16H22ClN3O2/c1-3-4-5-15(21)20-19-12(2)10-16(22)18-11-13-6-8-14(17)9-7-13/h6-9H,3-5,10-11H2,1-2H3,(H,18,22)(H,20,21)/b19-12+. The average molecular weight is 324 g/mol. The number of nitrogens with zero attached hydrogens (tertiary/aromatic N) is 1.